The topological polar surface area (TPSA) is 57.7 Å². The molecule has 132 valence electrons. The zero-order valence-corrected chi connectivity index (χ0v) is 15.4. The van der Waals surface area contributed by atoms with E-state index in [0.717, 1.165) is 38.5 Å². The van der Waals surface area contributed by atoms with E-state index in [1.807, 2.05) is 20.9 Å². The fraction of sp³-hybridized carbons (Fsp3) is 0.882. The van der Waals surface area contributed by atoms with Gasteiger partial charge in [-0.1, -0.05) is 12.8 Å². The fourth-order valence-corrected chi connectivity index (χ4v) is 4.92. The van der Waals surface area contributed by atoms with Crippen molar-refractivity contribution in [2.75, 3.05) is 25.9 Å². The van der Waals surface area contributed by atoms with Crippen LogP contribution < -0.4 is 0 Å². The zero-order chi connectivity index (χ0) is 17.0. The van der Waals surface area contributed by atoms with Crippen LogP contribution >= 0.6 is 0 Å². The maximum absolute atomic E-state index is 12.3. The molecule has 1 heterocycles. The standard InChI is InChI=1S/C17H30N2O3S/c1-13(2)18(3)17(21)14-8-10-19(11-9-14)16(20)12-23(22)15-6-4-5-7-15/h13-15H,4-12H2,1-3H3. The van der Waals surface area contributed by atoms with Crippen LogP contribution in [0.5, 0.6) is 0 Å². The minimum atomic E-state index is -1.02. The third kappa shape index (κ3) is 4.78. The van der Waals surface area contributed by atoms with Gasteiger partial charge >= 0.3 is 0 Å². The summed E-state index contributed by atoms with van der Waals surface area (Å²) in [5.74, 6) is 0.363. The summed E-state index contributed by atoms with van der Waals surface area (Å²) in [7, 11) is 0.818. The van der Waals surface area contributed by atoms with Crippen LogP contribution in [-0.2, 0) is 20.4 Å². The number of likely N-dealkylation sites (tertiary alicyclic amines) is 1. The molecule has 2 amide bonds. The quantitative estimate of drug-likeness (QED) is 0.765. The Morgan fingerprint density at radius 2 is 1.70 bits per heavy atom. The van der Waals surface area contributed by atoms with E-state index in [9.17, 15) is 13.8 Å². The maximum Gasteiger partial charge on any atom is 0.235 e. The van der Waals surface area contributed by atoms with Crippen LogP contribution in [0.15, 0.2) is 0 Å². The first-order valence-electron chi connectivity index (χ1n) is 8.81. The number of rotatable bonds is 5. The van der Waals surface area contributed by atoms with E-state index in [4.69, 9.17) is 0 Å². The average Bonchev–Trinajstić information content (AvgIpc) is 3.08. The highest BCUT2D eigenvalue weighted by molar-refractivity contribution is 7.86. The van der Waals surface area contributed by atoms with Crippen molar-refractivity contribution in [3.05, 3.63) is 0 Å². The predicted octanol–water partition coefficient (Wildman–Crippen LogP) is 1.78. The number of nitrogens with zero attached hydrogens (tertiary/aromatic N) is 2. The van der Waals surface area contributed by atoms with E-state index in [2.05, 4.69) is 0 Å². The monoisotopic (exact) mass is 342 g/mol. The Balaban J connectivity index is 1.78. The van der Waals surface area contributed by atoms with E-state index in [1.54, 1.807) is 9.80 Å². The molecular formula is C17H30N2O3S. The number of hydrogen-bond acceptors (Lipinski definition) is 3. The molecule has 2 fully saturated rings. The summed E-state index contributed by atoms with van der Waals surface area (Å²) in [6.07, 6.45) is 5.72. The summed E-state index contributed by atoms with van der Waals surface area (Å²) in [5, 5.41) is 0.220. The Bertz CT molecular complexity index is 453. The summed E-state index contributed by atoms with van der Waals surface area (Å²) in [5.41, 5.74) is 0. The highest BCUT2D eigenvalue weighted by Gasteiger charge is 2.31. The van der Waals surface area contributed by atoms with Crippen molar-refractivity contribution in [1.29, 1.82) is 0 Å². The Morgan fingerprint density at radius 3 is 2.22 bits per heavy atom. The first-order valence-corrected chi connectivity index (χ1v) is 10.2. The van der Waals surface area contributed by atoms with Gasteiger partial charge in [0.15, 0.2) is 0 Å². The van der Waals surface area contributed by atoms with Crippen LogP contribution in [0.1, 0.15) is 52.4 Å². The lowest BCUT2D eigenvalue weighted by molar-refractivity contribution is -0.140. The molecule has 1 saturated heterocycles. The van der Waals surface area contributed by atoms with Crippen molar-refractivity contribution < 1.29 is 13.8 Å². The Morgan fingerprint density at radius 1 is 1.13 bits per heavy atom. The van der Waals surface area contributed by atoms with Crippen molar-refractivity contribution in [2.24, 2.45) is 5.92 Å². The summed E-state index contributed by atoms with van der Waals surface area (Å²) in [6.45, 7) is 5.25. The third-order valence-electron chi connectivity index (χ3n) is 5.26. The molecule has 1 atom stereocenters. The molecule has 0 radical (unpaired) electrons. The summed E-state index contributed by atoms with van der Waals surface area (Å²) in [6, 6.07) is 0.205. The van der Waals surface area contributed by atoms with Gasteiger partial charge in [-0.05, 0) is 39.5 Å². The lowest BCUT2D eigenvalue weighted by atomic mass is 9.95. The van der Waals surface area contributed by atoms with E-state index in [0.29, 0.717) is 13.1 Å². The van der Waals surface area contributed by atoms with Crippen LogP contribution in [0.4, 0.5) is 0 Å². The number of amides is 2. The van der Waals surface area contributed by atoms with Gasteiger partial charge < -0.3 is 9.80 Å². The average molecular weight is 343 g/mol. The number of hydrogen-bond donors (Lipinski definition) is 0. The normalized spacial score (nSPS) is 21.7. The predicted molar refractivity (Wildman–Crippen MR) is 92.5 cm³/mol. The molecule has 2 aliphatic rings. The molecule has 1 unspecified atom stereocenters. The second-order valence-corrected chi connectivity index (χ2v) is 8.85. The lowest BCUT2D eigenvalue weighted by Crippen LogP contribution is -2.46. The van der Waals surface area contributed by atoms with Gasteiger partial charge in [-0.25, -0.2) is 0 Å². The fourth-order valence-electron chi connectivity index (χ4n) is 3.40. The van der Waals surface area contributed by atoms with E-state index in [-0.39, 0.29) is 34.8 Å². The van der Waals surface area contributed by atoms with Crippen molar-refractivity contribution in [1.82, 2.24) is 9.80 Å². The van der Waals surface area contributed by atoms with Crippen molar-refractivity contribution in [3.8, 4) is 0 Å². The van der Waals surface area contributed by atoms with Crippen LogP contribution in [0.2, 0.25) is 0 Å². The summed E-state index contributed by atoms with van der Waals surface area (Å²) in [4.78, 5) is 28.2. The Hall–Kier alpha value is -0.910. The van der Waals surface area contributed by atoms with E-state index >= 15 is 0 Å². The van der Waals surface area contributed by atoms with Crippen LogP contribution in [0.25, 0.3) is 0 Å². The van der Waals surface area contributed by atoms with Crippen LogP contribution in [-0.4, -0.2) is 63.0 Å². The zero-order valence-electron chi connectivity index (χ0n) is 14.6. The highest BCUT2D eigenvalue weighted by Crippen LogP contribution is 2.24. The van der Waals surface area contributed by atoms with E-state index in [1.165, 1.54) is 0 Å². The number of carbonyl (C=O) groups is 2. The molecule has 0 bridgehead atoms. The molecule has 6 heteroatoms. The van der Waals surface area contributed by atoms with Gasteiger partial charge in [-0.15, -0.1) is 0 Å². The Kier molecular flexibility index (Phi) is 6.62. The number of carbonyl (C=O) groups excluding carboxylic acids is 2. The van der Waals surface area contributed by atoms with Gasteiger partial charge in [-0.2, -0.15) is 0 Å². The van der Waals surface area contributed by atoms with Gasteiger partial charge in [0, 0.05) is 48.1 Å². The number of piperidine rings is 1. The van der Waals surface area contributed by atoms with Gasteiger partial charge in [0.2, 0.25) is 11.8 Å². The SMILES string of the molecule is CC(C)N(C)C(=O)C1CCN(C(=O)CS(=O)C2CCCC2)CC1. The van der Waals surface area contributed by atoms with Gasteiger partial charge in [0.25, 0.3) is 0 Å². The van der Waals surface area contributed by atoms with Crippen LogP contribution in [0, 0.1) is 5.92 Å². The van der Waals surface area contributed by atoms with Gasteiger partial charge in [0.05, 0.1) is 0 Å². The van der Waals surface area contributed by atoms with E-state index < -0.39 is 10.8 Å². The molecule has 5 nitrogen and oxygen atoms in total. The van der Waals surface area contributed by atoms with Crippen LogP contribution in [0.3, 0.4) is 0 Å². The second kappa shape index (κ2) is 8.27. The van der Waals surface area contributed by atoms with Crippen molar-refractivity contribution >= 4 is 22.6 Å². The molecule has 1 saturated carbocycles. The highest BCUT2D eigenvalue weighted by atomic mass is 32.2. The largest absolute Gasteiger partial charge is 0.343 e. The maximum atomic E-state index is 12.3. The first-order chi connectivity index (χ1) is 10.9. The molecule has 0 N–H and O–H groups in total. The molecular weight excluding hydrogens is 312 g/mol. The first kappa shape index (κ1) is 18.4. The minimum absolute atomic E-state index is 0.00153. The summed E-state index contributed by atoms with van der Waals surface area (Å²) < 4.78 is 12.2. The molecule has 0 aromatic rings. The molecule has 2 rings (SSSR count). The molecule has 23 heavy (non-hydrogen) atoms. The molecule has 0 aromatic heterocycles. The minimum Gasteiger partial charge on any atom is -0.343 e. The molecule has 1 aliphatic heterocycles. The van der Waals surface area contributed by atoms with Gasteiger partial charge in [-0.3, -0.25) is 13.8 Å². The third-order valence-corrected chi connectivity index (χ3v) is 7.01. The molecule has 0 spiro atoms. The van der Waals surface area contributed by atoms with Crippen molar-refractivity contribution in [2.45, 2.75) is 63.7 Å². The molecule has 1 aliphatic carbocycles. The molecule has 0 aromatic carbocycles. The second-order valence-electron chi connectivity index (χ2n) is 7.13. The summed E-state index contributed by atoms with van der Waals surface area (Å²) >= 11 is 0. The van der Waals surface area contributed by atoms with Crippen molar-refractivity contribution in [3.63, 3.8) is 0 Å². The lowest BCUT2D eigenvalue weighted by Gasteiger charge is -2.34. The van der Waals surface area contributed by atoms with Gasteiger partial charge in [0.1, 0.15) is 5.75 Å². The smallest absolute Gasteiger partial charge is 0.235 e. The Labute approximate surface area is 142 Å².